The second-order valence-corrected chi connectivity index (χ2v) is 14.8. The highest BCUT2D eigenvalue weighted by atomic mass is 16.5. The van der Waals surface area contributed by atoms with Crippen LogP contribution in [0.1, 0.15) is 76.3 Å². The lowest BCUT2D eigenvalue weighted by molar-refractivity contribution is -0.137. The van der Waals surface area contributed by atoms with E-state index in [1.807, 2.05) is 30.6 Å². The van der Waals surface area contributed by atoms with Crippen LogP contribution in [0.15, 0.2) is 65.4 Å². The Balaban J connectivity index is 1.41. The smallest absolute Gasteiger partial charge is 0.407 e. The average molecular weight is 906 g/mol. The summed E-state index contributed by atoms with van der Waals surface area (Å²) in [6.45, 7) is 8.44. The highest BCUT2D eigenvalue weighted by molar-refractivity contribution is 6.13. The number of aromatic nitrogens is 7. The number of carbonyl (C=O) groups is 5. The standard InChI is InChI=1S/C44H51N13O9/c1-6-48-31(17-24(3)45)40-50-23-29-28-19-26(38(46)60)22-34(65-15-10-12-49-44(63)66-16-11-35(58)59)36(28)55(41(29)52-40)13-8-9-14-56-37-30(20-27(39(47)61)21-33(37)64-5)51-43(56)53-42(62)32-18-25(4)54-57(32)7-2/h8-9,17-23H,6-7,10-16,45H2,1-5H3,(H2,46,60)(H2,47,61)(H,49,63)(H,58,59)(H,51,53,62)/b9-8+,24-17?,48-31?. The number of ether oxygens (including phenoxy) is 3. The van der Waals surface area contributed by atoms with E-state index in [-0.39, 0.29) is 56.3 Å². The summed E-state index contributed by atoms with van der Waals surface area (Å²) >= 11 is 0. The molecule has 346 valence electrons. The number of imidazole rings is 1. The normalized spacial score (nSPS) is 12.0. The van der Waals surface area contributed by atoms with Crippen molar-refractivity contribution in [2.24, 2.45) is 22.2 Å². The van der Waals surface area contributed by atoms with Gasteiger partial charge >= 0.3 is 12.1 Å². The first-order valence-electron chi connectivity index (χ1n) is 20.9. The monoisotopic (exact) mass is 905 g/mol. The Morgan fingerprint density at radius 2 is 1.61 bits per heavy atom. The maximum atomic E-state index is 13.7. The zero-order valence-electron chi connectivity index (χ0n) is 37.1. The van der Waals surface area contributed by atoms with E-state index in [0.29, 0.717) is 92.6 Å². The highest BCUT2D eigenvalue weighted by Crippen LogP contribution is 2.36. The number of hydrogen-bond acceptors (Lipinski definition) is 14. The zero-order chi connectivity index (χ0) is 47.7. The SMILES string of the molecule is CCN=C(C=C(C)N)c1ncc2c3cc(C(N)=O)cc(OCCCNC(=O)OCCC(=O)O)c3n(C/C=C/Cn3c(NC(=O)c4cc(C)nn4CC)nc4cc(C(N)=O)cc(OC)c43)c2n1. The molecule has 0 radical (unpaired) electrons. The lowest BCUT2D eigenvalue weighted by atomic mass is 10.1. The number of rotatable bonds is 21. The number of nitrogens with zero attached hydrogens (tertiary/aromatic N) is 8. The second kappa shape index (κ2) is 20.9. The van der Waals surface area contributed by atoms with Crippen LogP contribution < -0.4 is 37.3 Å². The Bertz CT molecular complexity index is 2940. The van der Waals surface area contributed by atoms with Gasteiger partial charge in [0.15, 0.2) is 5.82 Å². The number of hydrogen-bond donors (Lipinski definition) is 6. The third-order valence-corrected chi connectivity index (χ3v) is 9.98. The van der Waals surface area contributed by atoms with E-state index in [4.69, 9.17) is 46.5 Å². The van der Waals surface area contributed by atoms with Crippen LogP contribution in [0.25, 0.3) is 33.0 Å². The molecule has 4 aromatic heterocycles. The lowest BCUT2D eigenvalue weighted by Crippen LogP contribution is -2.27. The molecule has 4 heterocycles. The van der Waals surface area contributed by atoms with Gasteiger partial charge in [-0.15, -0.1) is 0 Å². The van der Waals surface area contributed by atoms with Crippen molar-refractivity contribution in [3.63, 3.8) is 0 Å². The molecule has 22 nitrogen and oxygen atoms in total. The molecule has 2 aromatic carbocycles. The third kappa shape index (κ3) is 10.7. The molecule has 0 aliphatic carbocycles. The molecule has 0 saturated carbocycles. The molecule has 66 heavy (non-hydrogen) atoms. The van der Waals surface area contributed by atoms with E-state index in [9.17, 15) is 24.0 Å². The van der Waals surface area contributed by atoms with Crippen LogP contribution >= 0.6 is 0 Å². The molecule has 0 saturated heterocycles. The van der Waals surface area contributed by atoms with Crippen LogP contribution in [0.5, 0.6) is 11.5 Å². The number of alkyl carbamates (subject to hydrolysis) is 1. The van der Waals surface area contributed by atoms with E-state index in [1.54, 1.807) is 47.5 Å². The Morgan fingerprint density at radius 1 is 0.894 bits per heavy atom. The number of aliphatic carboxylic acids is 1. The summed E-state index contributed by atoms with van der Waals surface area (Å²) in [5, 5.41) is 19.8. The molecular formula is C44H51N13O9. The molecule has 0 fully saturated rings. The number of nitrogens with one attached hydrogen (secondary N) is 2. The van der Waals surface area contributed by atoms with Gasteiger partial charge in [-0.1, -0.05) is 12.2 Å². The van der Waals surface area contributed by atoms with Crippen molar-refractivity contribution in [3.05, 3.63) is 88.8 Å². The summed E-state index contributed by atoms with van der Waals surface area (Å²) in [5.74, 6) is -1.87. The number of benzene rings is 2. The number of nitrogens with two attached hydrogens (primary N) is 3. The minimum Gasteiger partial charge on any atom is -0.494 e. The molecule has 0 bridgehead atoms. The average Bonchev–Trinajstić information content (AvgIpc) is 3.94. The van der Waals surface area contributed by atoms with Crippen LogP contribution in [0.2, 0.25) is 0 Å². The summed E-state index contributed by atoms with van der Waals surface area (Å²) in [5.41, 5.74) is 21.6. The molecule has 0 aliphatic heterocycles. The van der Waals surface area contributed by atoms with Gasteiger partial charge in [0.25, 0.3) is 5.91 Å². The Hall–Kier alpha value is -8.30. The van der Waals surface area contributed by atoms with Crippen molar-refractivity contribution >= 4 is 74.4 Å². The highest BCUT2D eigenvalue weighted by Gasteiger charge is 2.23. The van der Waals surface area contributed by atoms with Crippen LogP contribution in [0.3, 0.4) is 0 Å². The van der Waals surface area contributed by atoms with Crippen molar-refractivity contribution in [2.75, 3.05) is 38.7 Å². The van der Waals surface area contributed by atoms with Gasteiger partial charge in [0.1, 0.15) is 40.7 Å². The van der Waals surface area contributed by atoms with Gasteiger partial charge in [0, 0.05) is 66.5 Å². The first-order chi connectivity index (χ1) is 31.6. The van der Waals surface area contributed by atoms with Gasteiger partial charge in [-0.25, -0.2) is 19.7 Å². The maximum absolute atomic E-state index is 13.7. The van der Waals surface area contributed by atoms with Crippen LogP contribution in [0, 0.1) is 6.92 Å². The minimum atomic E-state index is -1.09. The number of amides is 4. The summed E-state index contributed by atoms with van der Waals surface area (Å²) < 4.78 is 22.1. The fraction of sp³-hybridized carbons (Fsp3) is 0.318. The molecule has 6 aromatic rings. The minimum absolute atomic E-state index is 0.0784. The number of primary amides is 2. The lowest BCUT2D eigenvalue weighted by Gasteiger charge is -2.13. The second-order valence-electron chi connectivity index (χ2n) is 14.8. The van der Waals surface area contributed by atoms with E-state index < -0.39 is 29.8 Å². The van der Waals surface area contributed by atoms with Gasteiger partial charge in [-0.3, -0.25) is 34.2 Å². The number of fused-ring (bicyclic) bond motifs is 4. The van der Waals surface area contributed by atoms with Crippen LogP contribution in [0.4, 0.5) is 10.7 Å². The fourth-order valence-corrected chi connectivity index (χ4v) is 7.11. The number of anilines is 1. The summed E-state index contributed by atoms with van der Waals surface area (Å²) in [6.07, 6.45) is 6.24. The predicted molar refractivity (Wildman–Crippen MR) is 245 cm³/mol. The summed E-state index contributed by atoms with van der Waals surface area (Å²) in [4.78, 5) is 80.3. The Labute approximate surface area is 377 Å². The van der Waals surface area contributed by atoms with Gasteiger partial charge in [0.05, 0.1) is 36.9 Å². The molecule has 0 unspecified atom stereocenters. The Morgan fingerprint density at radius 3 is 2.27 bits per heavy atom. The molecule has 9 N–H and O–H groups in total. The first-order valence-corrected chi connectivity index (χ1v) is 20.9. The van der Waals surface area contributed by atoms with Gasteiger partial charge in [0.2, 0.25) is 17.8 Å². The maximum Gasteiger partial charge on any atom is 0.407 e. The number of allylic oxidation sites excluding steroid dienone is 4. The first kappa shape index (κ1) is 47.2. The summed E-state index contributed by atoms with van der Waals surface area (Å²) in [6, 6.07) is 7.87. The number of aryl methyl sites for hydroxylation is 2. The van der Waals surface area contributed by atoms with E-state index in [1.165, 1.54) is 25.3 Å². The quantitative estimate of drug-likeness (QED) is 0.0340. The van der Waals surface area contributed by atoms with Gasteiger partial charge in [-0.2, -0.15) is 5.10 Å². The van der Waals surface area contributed by atoms with Crippen LogP contribution in [-0.4, -0.2) is 108 Å². The molecule has 6 rings (SSSR count). The third-order valence-electron chi connectivity index (χ3n) is 9.98. The number of aliphatic imine (C=N–C) groups is 1. The molecule has 22 heteroatoms. The molecular weight excluding hydrogens is 855 g/mol. The molecule has 0 aliphatic rings. The van der Waals surface area contributed by atoms with E-state index in [0.717, 1.165) is 0 Å². The van der Waals surface area contributed by atoms with Crippen molar-refractivity contribution < 1.29 is 43.3 Å². The van der Waals surface area contributed by atoms with Crippen LogP contribution in [-0.2, 0) is 29.2 Å². The molecule has 0 atom stereocenters. The van der Waals surface area contributed by atoms with E-state index in [2.05, 4.69) is 25.7 Å². The Kier molecular flexibility index (Phi) is 15.0. The number of carboxylic acids is 1. The van der Waals surface area contributed by atoms with Crippen molar-refractivity contribution in [1.29, 1.82) is 0 Å². The van der Waals surface area contributed by atoms with Crippen molar-refractivity contribution in [3.8, 4) is 11.5 Å². The van der Waals surface area contributed by atoms with E-state index >= 15 is 0 Å². The van der Waals surface area contributed by atoms with Crippen molar-refractivity contribution in [2.45, 2.75) is 60.2 Å². The summed E-state index contributed by atoms with van der Waals surface area (Å²) in [7, 11) is 1.45. The predicted octanol–water partition coefficient (Wildman–Crippen LogP) is 3.82. The van der Waals surface area contributed by atoms with Gasteiger partial charge < -0.3 is 51.0 Å². The largest absolute Gasteiger partial charge is 0.494 e. The number of carbonyl (C=O) groups excluding carboxylic acids is 4. The number of carboxylic acid groups (broad SMARTS) is 1. The number of methoxy groups -OCH3 is 1. The van der Waals surface area contributed by atoms with Gasteiger partial charge in [-0.05, 0) is 70.5 Å². The van der Waals surface area contributed by atoms with Crippen molar-refractivity contribution in [1.82, 2.24) is 39.2 Å². The fourth-order valence-electron chi connectivity index (χ4n) is 7.11. The molecule has 0 spiro atoms. The zero-order valence-corrected chi connectivity index (χ0v) is 37.1. The molecule has 4 amide bonds. The topological polar surface area (TPSA) is 314 Å².